The summed E-state index contributed by atoms with van der Waals surface area (Å²) in [7, 11) is 0. The molecule has 214 valence electrons. The Hall–Kier alpha value is -1.06. The molecule has 0 aromatic rings. The predicted molar refractivity (Wildman–Crippen MR) is 154 cm³/mol. The van der Waals surface area contributed by atoms with Crippen LogP contribution in [0.25, 0.3) is 0 Å². The molecule has 0 saturated heterocycles. The molecule has 0 heterocycles. The number of carbonyl (C=O) groups excluding carboxylic acids is 1. The first-order valence-corrected chi connectivity index (χ1v) is 16.0. The number of hydrogen-bond acceptors (Lipinski definition) is 3. The third-order valence-electron chi connectivity index (χ3n) is 7.35. The van der Waals surface area contributed by atoms with E-state index in [1.807, 2.05) is 0 Å². The third kappa shape index (κ3) is 26.0. The van der Waals surface area contributed by atoms with Crippen molar-refractivity contribution in [2.45, 2.75) is 193 Å². The lowest BCUT2D eigenvalue weighted by Gasteiger charge is -2.13. The van der Waals surface area contributed by atoms with Crippen LogP contribution in [0, 0.1) is 0 Å². The summed E-state index contributed by atoms with van der Waals surface area (Å²) in [5.74, 6) is -1.35. The van der Waals surface area contributed by atoms with Crippen molar-refractivity contribution < 1.29 is 19.4 Å². The molecule has 0 bridgehead atoms. The summed E-state index contributed by atoms with van der Waals surface area (Å²) < 4.78 is 5.28. The summed E-state index contributed by atoms with van der Waals surface area (Å²) in [6, 6.07) is 0. The highest BCUT2D eigenvalue weighted by Crippen LogP contribution is 2.16. The first kappa shape index (κ1) is 34.9. The van der Waals surface area contributed by atoms with Crippen molar-refractivity contribution in [3.63, 3.8) is 0 Å². The van der Waals surface area contributed by atoms with Crippen molar-refractivity contribution in [3.05, 3.63) is 0 Å². The Balaban J connectivity index is 3.55. The molecule has 0 radical (unpaired) electrons. The number of carboxylic acids is 1. The van der Waals surface area contributed by atoms with Crippen LogP contribution < -0.4 is 0 Å². The molecule has 0 spiro atoms. The summed E-state index contributed by atoms with van der Waals surface area (Å²) in [6.07, 6.45) is 31.3. The number of rotatable bonds is 29. The average Bonchev–Trinajstić information content (AvgIpc) is 2.86. The smallest absolute Gasteiger partial charge is 0.345 e. The molecule has 0 aliphatic carbocycles. The fourth-order valence-electron chi connectivity index (χ4n) is 4.91. The van der Waals surface area contributed by atoms with Gasteiger partial charge in [0, 0.05) is 6.42 Å². The molecule has 0 amide bonds. The van der Waals surface area contributed by atoms with Gasteiger partial charge in [0.2, 0.25) is 0 Å². The summed E-state index contributed by atoms with van der Waals surface area (Å²) in [4.78, 5) is 23.6. The van der Waals surface area contributed by atoms with Gasteiger partial charge in [0.1, 0.15) is 0 Å². The van der Waals surface area contributed by atoms with Gasteiger partial charge in [-0.2, -0.15) is 0 Å². The molecule has 4 nitrogen and oxygen atoms in total. The normalized spacial score (nSPS) is 12.1. The first-order chi connectivity index (χ1) is 17.6. The van der Waals surface area contributed by atoms with E-state index in [1.54, 1.807) is 0 Å². The Morgan fingerprint density at radius 2 is 0.806 bits per heavy atom. The maximum atomic E-state index is 12.1. The highest BCUT2D eigenvalue weighted by molar-refractivity contribution is 5.77. The van der Waals surface area contributed by atoms with Gasteiger partial charge in [0.05, 0.1) is 0 Å². The van der Waals surface area contributed by atoms with Crippen molar-refractivity contribution in [2.24, 2.45) is 0 Å². The van der Waals surface area contributed by atoms with Crippen molar-refractivity contribution in [1.29, 1.82) is 0 Å². The lowest BCUT2D eigenvalue weighted by molar-refractivity contribution is -0.164. The molecule has 0 fully saturated rings. The van der Waals surface area contributed by atoms with Gasteiger partial charge in [-0.25, -0.2) is 4.79 Å². The molecule has 0 aliphatic heterocycles. The lowest BCUT2D eigenvalue weighted by atomic mass is 10.0. The van der Waals surface area contributed by atoms with Gasteiger partial charge in [-0.3, -0.25) is 4.79 Å². The van der Waals surface area contributed by atoms with E-state index >= 15 is 0 Å². The van der Waals surface area contributed by atoms with Crippen LogP contribution in [-0.2, 0) is 14.3 Å². The summed E-state index contributed by atoms with van der Waals surface area (Å²) in [5, 5.41) is 9.40. The average molecular weight is 511 g/mol. The number of esters is 1. The van der Waals surface area contributed by atoms with Crippen molar-refractivity contribution in [3.8, 4) is 0 Å². The standard InChI is InChI=1S/C32H62O4/c1-3-5-7-9-11-13-15-16-17-19-21-23-25-27-29-31(33)36-30(32(34)35)28-26-24-22-20-18-14-12-10-8-6-4-2/h30H,3-29H2,1-2H3,(H,34,35). The molecular weight excluding hydrogens is 448 g/mol. The van der Waals surface area contributed by atoms with E-state index in [0.29, 0.717) is 12.8 Å². The Labute approximate surface area is 224 Å². The highest BCUT2D eigenvalue weighted by Gasteiger charge is 2.21. The topological polar surface area (TPSA) is 63.6 Å². The molecular formula is C32H62O4. The van der Waals surface area contributed by atoms with Crippen molar-refractivity contribution in [1.82, 2.24) is 0 Å². The molecule has 0 aromatic carbocycles. The number of hydrogen-bond donors (Lipinski definition) is 1. The van der Waals surface area contributed by atoms with E-state index in [2.05, 4.69) is 13.8 Å². The summed E-state index contributed by atoms with van der Waals surface area (Å²) >= 11 is 0. The monoisotopic (exact) mass is 510 g/mol. The van der Waals surface area contributed by atoms with Crippen LogP contribution in [0.15, 0.2) is 0 Å². The maximum Gasteiger partial charge on any atom is 0.345 e. The minimum absolute atomic E-state index is 0.343. The fraction of sp³-hybridized carbons (Fsp3) is 0.938. The quantitative estimate of drug-likeness (QED) is 0.0802. The molecule has 0 aromatic heterocycles. The molecule has 1 unspecified atom stereocenters. The molecule has 1 N–H and O–H groups in total. The second-order valence-electron chi connectivity index (χ2n) is 11.0. The number of unbranched alkanes of at least 4 members (excludes halogenated alkanes) is 23. The number of carbonyl (C=O) groups is 2. The predicted octanol–water partition coefficient (Wildman–Crippen LogP) is 10.6. The van der Waals surface area contributed by atoms with Gasteiger partial charge < -0.3 is 9.84 Å². The van der Waals surface area contributed by atoms with Crippen LogP contribution in [0.4, 0.5) is 0 Å². The van der Waals surface area contributed by atoms with Gasteiger partial charge in [-0.15, -0.1) is 0 Å². The van der Waals surface area contributed by atoms with Crippen LogP contribution >= 0.6 is 0 Å². The van der Waals surface area contributed by atoms with Gasteiger partial charge in [-0.05, 0) is 19.3 Å². The van der Waals surface area contributed by atoms with Crippen LogP contribution in [-0.4, -0.2) is 23.1 Å². The first-order valence-electron chi connectivity index (χ1n) is 16.0. The van der Waals surface area contributed by atoms with Gasteiger partial charge in [-0.1, -0.05) is 162 Å². The van der Waals surface area contributed by atoms with Crippen LogP contribution in [0.3, 0.4) is 0 Å². The fourth-order valence-corrected chi connectivity index (χ4v) is 4.91. The zero-order valence-electron chi connectivity index (χ0n) is 24.3. The van der Waals surface area contributed by atoms with E-state index in [9.17, 15) is 14.7 Å². The van der Waals surface area contributed by atoms with E-state index in [1.165, 1.54) is 122 Å². The van der Waals surface area contributed by atoms with E-state index < -0.39 is 12.1 Å². The molecule has 0 saturated carbocycles. The second-order valence-corrected chi connectivity index (χ2v) is 11.0. The number of ether oxygens (including phenoxy) is 1. The SMILES string of the molecule is CCCCCCCCCCCCCCCCC(=O)OC(CCCCCCCCCCCCC)C(=O)O. The summed E-state index contributed by atoms with van der Waals surface area (Å²) in [5.41, 5.74) is 0. The Kier molecular flexibility index (Phi) is 27.7. The number of aliphatic carboxylic acids is 1. The largest absolute Gasteiger partial charge is 0.479 e. The Bertz CT molecular complexity index is 477. The highest BCUT2D eigenvalue weighted by atomic mass is 16.6. The molecule has 0 aliphatic rings. The van der Waals surface area contributed by atoms with E-state index in [0.717, 1.165) is 38.5 Å². The maximum absolute atomic E-state index is 12.1. The molecule has 36 heavy (non-hydrogen) atoms. The van der Waals surface area contributed by atoms with Crippen molar-refractivity contribution in [2.75, 3.05) is 0 Å². The summed E-state index contributed by atoms with van der Waals surface area (Å²) in [6.45, 7) is 4.51. The van der Waals surface area contributed by atoms with Gasteiger partial charge in [0.15, 0.2) is 6.10 Å². The van der Waals surface area contributed by atoms with Crippen LogP contribution in [0.1, 0.15) is 187 Å². The van der Waals surface area contributed by atoms with Gasteiger partial charge in [0.25, 0.3) is 0 Å². The van der Waals surface area contributed by atoms with E-state index in [-0.39, 0.29) is 5.97 Å². The van der Waals surface area contributed by atoms with Crippen LogP contribution in [0.2, 0.25) is 0 Å². The lowest BCUT2D eigenvalue weighted by Crippen LogP contribution is -2.27. The van der Waals surface area contributed by atoms with Gasteiger partial charge >= 0.3 is 11.9 Å². The molecule has 4 heteroatoms. The molecule has 1 atom stereocenters. The van der Waals surface area contributed by atoms with Crippen LogP contribution in [0.5, 0.6) is 0 Å². The van der Waals surface area contributed by atoms with Crippen molar-refractivity contribution >= 4 is 11.9 Å². The van der Waals surface area contributed by atoms with E-state index in [4.69, 9.17) is 4.74 Å². The zero-order valence-corrected chi connectivity index (χ0v) is 24.3. The second kappa shape index (κ2) is 28.5. The molecule has 0 rings (SSSR count). The Morgan fingerprint density at radius 3 is 1.14 bits per heavy atom. The minimum atomic E-state index is -1.00. The third-order valence-corrected chi connectivity index (χ3v) is 7.35. The zero-order chi connectivity index (χ0) is 26.5. The minimum Gasteiger partial charge on any atom is -0.479 e. The Morgan fingerprint density at radius 1 is 0.500 bits per heavy atom. The number of carboxylic acid groups (broad SMARTS) is 1.